The predicted octanol–water partition coefficient (Wildman–Crippen LogP) is 2.40. The van der Waals surface area contributed by atoms with Crippen molar-refractivity contribution in [3.63, 3.8) is 0 Å². The van der Waals surface area contributed by atoms with Gasteiger partial charge < -0.3 is 5.11 Å². The summed E-state index contributed by atoms with van der Waals surface area (Å²) >= 11 is 1.63. The predicted molar refractivity (Wildman–Crippen MR) is 58.3 cm³/mol. The van der Waals surface area contributed by atoms with Crippen molar-refractivity contribution in [1.29, 1.82) is 0 Å². The molecule has 3 heteroatoms. The summed E-state index contributed by atoms with van der Waals surface area (Å²) in [7, 11) is 0. The van der Waals surface area contributed by atoms with E-state index in [-0.39, 0.29) is 12.0 Å². The van der Waals surface area contributed by atoms with E-state index in [0.717, 1.165) is 31.4 Å². The average Bonchev–Trinajstić information content (AvgIpc) is 2.72. The fourth-order valence-corrected chi connectivity index (χ4v) is 2.57. The summed E-state index contributed by atoms with van der Waals surface area (Å²) in [5.74, 6) is 0. The van der Waals surface area contributed by atoms with Crippen LogP contribution in [0.2, 0.25) is 0 Å². The van der Waals surface area contributed by atoms with Crippen LogP contribution in [0.3, 0.4) is 0 Å². The number of allylic oxidation sites excluding steroid dienone is 2. The lowest BCUT2D eigenvalue weighted by atomic mass is 9.74. The first-order valence-corrected chi connectivity index (χ1v) is 5.92. The fraction of sp³-hybridized carbons (Fsp3) is 0.545. The van der Waals surface area contributed by atoms with Gasteiger partial charge in [0.15, 0.2) is 0 Å². The van der Waals surface area contributed by atoms with Crippen molar-refractivity contribution in [2.75, 3.05) is 6.61 Å². The maximum absolute atomic E-state index is 9.48. The number of aromatic nitrogens is 1. The molecule has 0 aliphatic heterocycles. The highest BCUT2D eigenvalue weighted by molar-refractivity contribution is 7.07. The highest BCUT2D eigenvalue weighted by atomic mass is 32.1. The molecule has 0 spiro atoms. The number of nitrogens with zero attached hydrogens (tertiary/aromatic N) is 1. The van der Waals surface area contributed by atoms with Gasteiger partial charge in [0.1, 0.15) is 0 Å². The Hall–Kier alpha value is -0.670. The van der Waals surface area contributed by atoms with Gasteiger partial charge in [0.05, 0.1) is 11.2 Å². The first-order valence-electron chi connectivity index (χ1n) is 4.98. The molecule has 0 amide bonds. The van der Waals surface area contributed by atoms with Crippen LogP contribution in [0.15, 0.2) is 23.0 Å². The molecule has 2 rings (SSSR count). The van der Waals surface area contributed by atoms with E-state index in [9.17, 15) is 5.11 Å². The zero-order chi connectivity index (χ0) is 9.86. The SMILES string of the molecule is OCC1(Cc2cscn2)CC=CCC1. The third kappa shape index (κ3) is 2.04. The molecule has 76 valence electrons. The van der Waals surface area contributed by atoms with Gasteiger partial charge in [-0.05, 0) is 25.7 Å². The maximum Gasteiger partial charge on any atom is 0.0794 e. The van der Waals surface area contributed by atoms with Crippen molar-refractivity contribution in [2.24, 2.45) is 5.41 Å². The molecule has 1 aromatic heterocycles. The van der Waals surface area contributed by atoms with Crippen LogP contribution in [0.5, 0.6) is 0 Å². The number of thiazole rings is 1. The van der Waals surface area contributed by atoms with E-state index < -0.39 is 0 Å². The molecular weight excluding hydrogens is 194 g/mol. The third-order valence-corrected chi connectivity index (χ3v) is 3.57. The number of rotatable bonds is 3. The molecule has 1 unspecified atom stereocenters. The van der Waals surface area contributed by atoms with E-state index in [1.54, 1.807) is 11.3 Å². The van der Waals surface area contributed by atoms with Crippen molar-refractivity contribution in [3.8, 4) is 0 Å². The highest BCUT2D eigenvalue weighted by Crippen LogP contribution is 2.35. The van der Waals surface area contributed by atoms with Crippen LogP contribution >= 0.6 is 11.3 Å². The van der Waals surface area contributed by atoms with Crippen LogP contribution in [-0.2, 0) is 6.42 Å². The fourth-order valence-electron chi connectivity index (χ4n) is 2.01. The van der Waals surface area contributed by atoms with Gasteiger partial charge >= 0.3 is 0 Å². The Labute approximate surface area is 88.3 Å². The Kier molecular flexibility index (Phi) is 2.99. The Morgan fingerprint density at radius 2 is 2.43 bits per heavy atom. The van der Waals surface area contributed by atoms with Crippen LogP contribution in [0.4, 0.5) is 0 Å². The number of hydrogen-bond acceptors (Lipinski definition) is 3. The molecule has 14 heavy (non-hydrogen) atoms. The molecule has 0 fully saturated rings. The van der Waals surface area contributed by atoms with Crippen molar-refractivity contribution >= 4 is 11.3 Å². The van der Waals surface area contributed by atoms with E-state index >= 15 is 0 Å². The van der Waals surface area contributed by atoms with Gasteiger partial charge in [-0.2, -0.15) is 0 Å². The molecule has 0 radical (unpaired) electrons. The molecule has 0 saturated heterocycles. The van der Waals surface area contributed by atoms with Crippen molar-refractivity contribution in [3.05, 3.63) is 28.7 Å². The van der Waals surface area contributed by atoms with Gasteiger partial charge in [-0.15, -0.1) is 11.3 Å². The van der Waals surface area contributed by atoms with Crippen LogP contribution in [0.25, 0.3) is 0 Å². The summed E-state index contributed by atoms with van der Waals surface area (Å²) in [6.45, 7) is 0.273. The molecule has 1 aromatic rings. The van der Waals surface area contributed by atoms with Gasteiger partial charge in [-0.25, -0.2) is 4.98 Å². The van der Waals surface area contributed by atoms with Crippen LogP contribution in [-0.4, -0.2) is 16.7 Å². The summed E-state index contributed by atoms with van der Waals surface area (Å²) in [6, 6.07) is 0. The summed E-state index contributed by atoms with van der Waals surface area (Å²) < 4.78 is 0. The topological polar surface area (TPSA) is 33.1 Å². The van der Waals surface area contributed by atoms with E-state index in [1.165, 1.54) is 0 Å². The smallest absolute Gasteiger partial charge is 0.0794 e. The molecule has 1 aliphatic carbocycles. The lowest BCUT2D eigenvalue weighted by Crippen LogP contribution is -2.29. The molecule has 2 nitrogen and oxygen atoms in total. The van der Waals surface area contributed by atoms with Crippen molar-refractivity contribution in [1.82, 2.24) is 4.98 Å². The quantitative estimate of drug-likeness (QED) is 0.775. The molecule has 0 aromatic carbocycles. The Morgan fingerprint density at radius 1 is 1.50 bits per heavy atom. The molecule has 1 aliphatic rings. The van der Waals surface area contributed by atoms with Crippen LogP contribution < -0.4 is 0 Å². The molecule has 0 saturated carbocycles. The number of hydrogen-bond donors (Lipinski definition) is 1. The Balaban J connectivity index is 2.09. The standard InChI is InChI=1S/C11H15NOS/c13-8-11(4-2-1-3-5-11)6-10-7-14-9-12-10/h1-2,7,9,13H,3-6,8H2. The molecule has 1 heterocycles. The van der Waals surface area contributed by atoms with Crippen LogP contribution in [0.1, 0.15) is 25.0 Å². The normalized spacial score (nSPS) is 26.6. The second kappa shape index (κ2) is 4.24. The van der Waals surface area contributed by atoms with Crippen molar-refractivity contribution < 1.29 is 5.11 Å². The third-order valence-electron chi connectivity index (χ3n) is 2.93. The minimum atomic E-state index is 0.0584. The van der Waals surface area contributed by atoms with Crippen molar-refractivity contribution in [2.45, 2.75) is 25.7 Å². The van der Waals surface area contributed by atoms with Gasteiger partial charge in [0.25, 0.3) is 0 Å². The maximum atomic E-state index is 9.48. The zero-order valence-corrected chi connectivity index (χ0v) is 8.96. The van der Waals surface area contributed by atoms with E-state index in [0.29, 0.717) is 0 Å². The average molecular weight is 209 g/mol. The number of aliphatic hydroxyl groups is 1. The Morgan fingerprint density at radius 3 is 3.00 bits per heavy atom. The zero-order valence-electron chi connectivity index (χ0n) is 8.15. The highest BCUT2D eigenvalue weighted by Gasteiger charge is 2.30. The molecular formula is C11H15NOS. The monoisotopic (exact) mass is 209 g/mol. The summed E-state index contributed by atoms with van der Waals surface area (Å²) in [5.41, 5.74) is 3.04. The van der Waals surface area contributed by atoms with E-state index in [1.807, 2.05) is 5.51 Å². The Bertz CT molecular complexity index is 307. The summed E-state index contributed by atoms with van der Waals surface area (Å²) in [5, 5.41) is 11.6. The second-order valence-electron chi connectivity index (χ2n) is 4.03. The minimum Gasteiger partial charge on any atom is -0.396 e. The van der Waals surface area contributed by atoms with Crippen LogP contribution in [0, 0.1) is 5.41 Å². The first kappa shape index (κ1) is 9.87. The number of aliphatic hydroxyl groups excluding tert-OH is 1. The first-order chi connectivity index (χ1) is 6.85. The molecule has 1 atom stereocenters. The molecule has 1 N–H and O–H groups in total. The summed E-state index contributed by atoms with van der Waals surface area (Å²) in [6.07, 6.45) is 8.46. The van der Waals surface area contributed by atoms with Gasteiger partial charge in [-0.3, -0.25) is 0 Å². The van der Waals surface area contributed by atoms with Gasteiger partial charge in [-0.1, -0.05) is 12.2 Å². The van der Waals surface area contributed by atoms with E-state index in [2.05, 4.69) is 22.5 Å². The van der Waals surface area contributed by atoms with Gasteiger partial charge in [0.2, 0.25) is 0 Å². The summed E-state index contributed by atoms with van der Waals surface area (Å²) in [4.78, 5) is 4.29. The lowest BCUT2D eigenvalue weighted by Gasteiger charge is -2.32. The molecule has 0 bridgehead atoms. The second-order valence-corrected chi connectivity index (χ2v) is 4.75. The largest absolute Gasteiger partial charge is 0.396 e. The minimum absolute atomic E-state index is 0.0584. The lowest BCUT2D eigenvalue weighted by molar-refractivity contribution is 0.112. The van der Waals surface area contributed by atoms with Gasteiger partial charge in [0, 0.05) is 17.4 Å². The van der Waals surface area contributed by atoms with E-state index in [4.69, 9.17) is 0 Å².